The summed E-state index contributed by atoms with van der Waals surface area (Å²) < 4.78 is 16.6. The lowest BCUT2D eigenvalue weighted by atomic mass is 10.0. The molecular weight excluding hydrogens is 612 g/mol. The molecule has 0 radical (unpaired) electrons. The van der Waals surface area contributed by atoms with E-state index in [9.17, 15) is 14.4 Å². The Balaban J connectivity index is 4.29. The van der Waals surface area contributed by atoms with Gasteiger partial charge in [0.1, 0.15) is 13.2 Å². The summed E-state index contributed by atoms with van der Waals surface area (Å²) in [7, 11) is 0. The third kappa shape index (κ3) is 37.5. The van der Waals surface area contributed by atoms with Crippen LogP contribution in [0.2, 0.25) is 0 Å². The average Bonchev–Trinajstić information content (AvgIpc) is 3.10. The van der Waals surface area contributed by atoms with Crippen molar-refractivity contribution in [1.82, 2.24) is 0 Å². The molecule has 0 fully saturated rings. The Hall–Kier alpha value is -1.59. The van der Waals surface area contributed by atoms with E-state index < -0.39 is 6.10 Å². The topological polar surface area (TPSA) is 78.9 Å². The minimum absolute atomic E-state index is 0.0634. The van der Waals surface area contributed by atoms with E-state index in [0.29, 0.717) is 19.3 Å². The standard InChI is InChI=1S/C43H82O6/c1-4-7-10-13-16-19-20-21-22-25-27-30-33-36-42(45)48-39-40(49-43(46)37-34-31-28-24-18-15-12-9-6-3)38-47-41(44)35-32-29-26-23-17-14-11-8-5-2/h40H,4-39H2,1-3H3/t40-/m0/s1. The maximum absolute atomic E-state index is 12.6. The van der Waals surface area contributed by atoms with Crippen molar-refractivity contribution >= 4 is 17.9 Å². The van der Waals surface area contributed by atoms with Gasteiger partial charge in [-0.3, -0.25) is 14.4 Å². The highest BCUT2D eigenvalue weighted by molar-refractivity contribution is 5.71. The van der Waals surface area contributed by atoms with Gasteiger partial charge < -0.3 is 14.2 Å². The molecule has 0 spiro atoms. The fourth-order valence-electron chi connectivity index (χ4n) is 6.32. The second-order valence-electron chi connectivity index (χ2n) is 14.6. The van der Waals surface area contributed by atoms with E-state index in [4.69, 9.17) is 14.2 Å². The Bertz CT molecular complexity index is 723. The summed E-state index contributed by atoms with van der Waals surface area (Å²) in [6, 6.07) is 0. The van der Waals surface area contributed by atoms with Gasteiger partial charge in [0.05, 0.1) is 0 Å². The van der Waals surface area contributed by atoms with Crippen LogP contribution in [0.3, 0.4) is 0 Å². The van der Waals surface area contributed by atoms with Gasteiger partial charge in [0.2, 0.25) is 0 Å². The molecule has 0 aromatic rings. The highest BCUT2D eigenvalue weighted by Crippen LogP contribution is 2.15. The molecule has 0 N–H and O–H groups in total. The van der Waals surface area contributed by atoms with Crippen LogP contribution in [-0.2, 0) is 28.6 Å². The lowest BCUT2D eigenvalue weighted by Gasteiger charge is -2.18. The van der Waals surface area contributed by atoms with Gasteiger partial charge in [-0.1, -0.05) is 201 Å². The molecule has 0 rings (SSSR count). The van der Waals surface area contributed by atoms with Crippen molar-refractivity contribution < 1.29 is 28.6 Å². The first-order chi connectivity index (χ1) is 24.0. The Kier molecular flexibility index (Phi) is 37.9. The first-order valence-corrected chi connectivity index (χ1v) is 21.5. The zero-order chi connectivity index (χ0) is 35.9. The molecule has 0 amide bonds. The van der Waals surface area contributed by atoms with E-state index in [2.05, 4.69) is 20.8 Å². The van der Waals surface area contributed by atoms with Crippen molar-refractivity contribution in [3.8, 4) is 0 Å². The van der Waals surface area contributed by atoms with Gasteiger partial charge in [-0.15, -0.1) is 0 Å². The molecule has 0 saturated carbocycles. The molecule has 0 aliphatic carbocycles. The summed E-state index contributed by atoms with van der Waals surface area (Å²) in [5.74, 6) is -0.860. The molecule has 0 bridgehead atoms. The lowest BCUT2D eigenvalue weighted by molar-refractivity contribution is -0.167. The molecule has 6 nitrogen and oxygen atoms in total. The summed E-state index contributed by atoms with van der Waals surface area (Å²) in [6.07, 6.45) is 38.0. The van der Waals surface area contributed by atoms with Gasteiger partial charge in [0.15, 0.2) is 6.10 Å². The highest BCUT2D eigenvalue weighted by Gasteiger charge is 2.19. The SMILES string of the molecule is CCCCCCCCCCCCCCCC(=O)OC[C@H](COC(=O)CCCCCCCCCCC)OC(=O)CCCCCCCCCCC. The predicted molar refractivity (Wildman–Crippen MR) is 206 cm³/mol. The molecule has 0 aromatic heterocycles. The van der Waals surface area contributed by atoms with Gasteiger partial charge in [-0.2, -0.15) is 0 Å². The number of rotatable bonds is 39. The van der Waals surface area contributed by atoms with Crippen LogP contribution in [0.4, 0.5) is 0 Å². The van der Waals surface area contributed by atoms with Gasteiger partial charge in [0.25, 0.3) is 0 Å². The quantitative estimate of drug-likeness (QED) is 0.0362. The molecule has 0 aromatic carbocycles. The second-order valence-corrected chi connectivity index (χ2v) is 14.6. The van der Waals surface area contributed by atoms with E-state index in [1.807, 2.05) is 0 Å². The number of ether oxygens (including phenoxy) is 3. The van der Waals surface area contributed by atoms with Crippen LogP contribution in [0.15, 0.2) is 0 Å². The molecule has 6 heteroatoms. The number of hydrogen-bond donors (Lipinski definition) is 0. The van der Waals surface area contributed by atoms with Crippen LogP contribution in [0.5, 0.6) is 0 Å². The number of unbranched alkanes of at least 4 members (excludes halogenated alkanes) is 28. The van der Waals surface area contributed by atoms with Crippen molar-refractivity contribution in [3.63, 3.8) is 0 Å². The van der Waals surface area contributed by atoms with Crippen molar-refractivity contribution in [1.29, 1.82) is 0 Å². The molecule has 0 aliphatic heterocycles. The zero-order valence-electron chi connectivity index (χ0n) is 33.0. The van der Waals surface area contributed by atoms with Crippen LogP contribution in [0, 0.1) is 0 Å². The number of carbonyl (C=O) groups is 3. The van der Waals surface area contributed by atoms with Crippen LogP contribution in [0.1, 0.15) is 239 Å². The van der Waals surface area contributed by atoms with E-state index in [1.54, 1.807) is 0 Å². The normalized spacial score (nSPS) is 11.8. The van der Waals surface area contributed by atoms with E-state index in [0.717, 1.165) is 57.8 Å². The van der Waals surface area contributed by atoms with Crippen molar-refractivity contribution in [2.75, 3.05) is 13.2 Å². The lowest BCUT2D eigenvalue weighted by Crippen LogP contribution is -2.30. The van der Waals surface area contributed by atoms with E-state index in [1.165, 1.54) is 141 Å². The summed E-state index contributed by atoms with van der Waals surface area (Å²) in [5, 5.41) is 0. The van der Waals surface area contributed by atoms with Gasteiger partial charge >= 0.3 is 17.9 Å². The molecule has 0 unspecified atom stereocenters. The summed E-state index contributed by atoms with van der Waals surface area (Å²) >= 11 is 0. The minimum atomic E-state index is -0.756. The molecule has 0 heterocycles. The second kappa shape index (κ2) is 39.2. The molecular formula is C43H82O6. The van der Waals surface area contributed by atoms with Crippen LogP contribution < -0.4 is 0 Å². The molecule has 1 atom stereocenters. The number of esters is 3. The highest BCUT2D eigenvalue weighted by atomic mass is 16.6. The summed E-state index contributed by atoms with van der Waals surface area (Å²) in [5.41, 5.74) is 0. The largest absolute Gasteiger partial charge is 0.462 e. The van der Waals surface area contributed by atoms with Crippen LogP contribution >= 0.6 is 0 Å². The fourth-order valence-corrected chi connectivity index (χ4v) is 6.32. The Morgan fingerprint density at radius 3 is 0.816 bits per heavy atom. The minimum Gasteiger partial charge on any atom is -0.462 e. The maximum Gasteiger partial charge on any atom is 0.306 e. The van der Waals surface area contributed by atoms with Crippen molar-refractivity contribution in [2.45, 2.75) is 245 Å². The first kappa shape index (κ1) is 47.4. The first-order valence-electron chi connectivity index (χ1n) is 21.5. The van der Waals surface area contributed by atoms with Gasteiger partial charge in [0, 0.05) is 19.3 Å². The monoisotopic (exact) mass is 695 g/mol. The zero-order valence-corrected chi connectivity index (χ0v) is 33.0. The van der Waals surface area contributed by atoms with E-state index in [-0.39, 0.29) is 31.1 Å². The van der Waals surface area contributed by atoms with Crippen LogP contribution in [-0.4, -0.2) is 37.2 Å². The molecule has 49 heavy (non-hydrogen) atoms. The Morgan fingerprint density at radius 2 is 0.551 bits per heavy atom. The smallest absolute Gasteiger partial charge is 0.306 e. The number of carbonyl (C=O) groups excluding carboxylic acids is 3. The third-order valence-electron chi connectivity index (χ3n) is 9.61. The summed E-state index contributed by atoms with van der Waals surface area (Å²) in [6.45, 7) is 6.60. The van der Waals surface area contributed by atoms with Gasteiger partial charge in [-0.05, 0) is 19.3 Å². The molecule has 0 aliphatic rings. The third-order valence-corrected chi connectivity index (χ3v) is 9.61. The van der Waals surface area contributed by atoms with E-state index >= 15 is 0 Å². The van der Waals surface area contributed by atoms with Crippen molar-refractivity contribution in [3.05, 3.63) is 0 Å². The van der Waals surface area contributed by atoms with Gasteiger partial charge in [-0.25, -0.2) is 0 Å². The Morgan fingerprint density at radius 1 is 0.327 bits per heavy atom. The molecule has 0 saturated heterocycles. The Labute approximate surface area is 304 Å². The fraction of sp³-hybridized carbons (Fsp3) is 0.930. The summed E-state index contributed by atoms with van der Waals surface area (Å²) in [4.78, 5) is 37.5. The number of hydrogen-bond acceptors (Lipinski definition) is 6. The predicted octanol–water partition coefficient (Wildman–Crippen LogP) is 13.3. The average molecular weight is 695 g/mol. The maximum atomic E-state index is 12.6. The van der Waals surface area contributed by atoms with Crippen molar-refractivity contribution in [2.24, 2.45) is 0 Å². The molecule has 290 valence electrons. The van der Waals surface area contributed by atoms with Crippen LogP contribution in [0.25, 0.3) is 0 Å².